The molecule has 0 aromatic heterocycles. The minimum absolute atomic E-state index is 0.383. The Morgan fingerprint density at radius 1 is 1.20 bits per heavy atom. The molecule has 2 aromatic rings. The van der Waals surface area contributed by atoms with Crippen molar-refractivity contribution in [2.45, 2.75) is 12.5 Å². The van der Waals surface area contributed by atoms with Gasteiger partial charge in [-0.1, -0.05) is 12.1 Å². The molecule has 0 radical (unpaired) electrons. The fourth-order valence-electron chi connectivity index (χ4n) is 3.40. The zero-order chi connectivity index (χ0) is 21.3. The second-order valence-corrected chi connectivity index (χ2v) is 7.05. The summed E-state index contributed by atoms with van der Waals surface area (Å²) >= 11 is 0. The number of carbonyl (C=O) groups is 3. The Labute approximate surface area is 172 Å². The van der Waals surface area contributed by atoms with E-state index >= 15 is 0 Å². The molecule has 0 aliphatic carbocycles. The second kappa shape index (κ2) is 7.40. The lowest BCUT2D eigenvalue weighted by Crippen LogP contribution is -2.42. The lowest BCUT2D eigenvalue weighted by atomic mass is 9.91. The number of hydrogen-bond donors (Lipinski definition) is 2. The Morgan fingerprint density at radius 2 is 1.97 bits per heavy atom. The van der Waals surface area contributed by atoms with Crippen molar-refractivity contribution < 1.29 is 23.9 Å². The van der Waals surface area contributed by atoms with E-state index in [1.54, 1.807) is 43.3 Å². The number of fused-ring (bicyclic) bond motifs is 1. The summed E-state index contributed by atoms with van der Waals surface area (Å²) in [5.41, 5.74) is -0.0297. The summed E-state index contributed by atoms with van der Waals surface area (Å²) < 4.78 is 11.0. The van der Waals surface area contributed by atoms with Crippen LogP contribution in [0.25, 0.3) is 0 Å². The van der Waals surface area contributed by atoms with E-state index in [1.165, 1.54) is 6.07 Å². The molecule has 152 valence electrons. The van der Waals surface area contributed by atoms with Crippen molar-refractivity contribution in [3.63, 3.8) is 0 Å². The van der Waals surface area contributed by atoms with Gasteiger partial charge < -0.3 is 20.1 Å². The van der Waals surface area contributed by atoms with Crippen LogP contribution in [0, 0.1) is 11.3 Å². The molecule has 2 heterocycles. The normalized spacial score (nSPS) is 19.8. The van der Waals surface area contributed by atoms with Crippen LogP contribution in [0.1, 0.15) is 18.1 Å². The lowest BCUT2D eigenvalue weighted by Gasteiger charge is -2.25. The van der Waals surface area contributed by atoms with Crippen LogP contribution in [0.2, 0.25) is 0 Å². The topological polar surface area (TPSA) is 121 Å². The van der Waals surface area contributed by atoms with Gasteiger partial charge in [0.05, 0.1) is 11.6 Å². The predicted octanol–water partition coefficient (Wildman–Crippen LogP) is 1.74. The molecule has 2 aliphatic rings. The third-order valence-corrected chi connectivity index (χ3v) is 4.97. The molecular formula is C21H18N4O5. The summed E-state index contributed by atoms with van der Waals surface area (Å²) in [7, 11) is 0. The van der Waals surface area contributed by atoms with Gasteiger partial charge in [0.2, 0.25) is 5.91 Å². The van der Waals surface area contributed by atoms with E-state index < -0.39 is 29.9 Å². The van der Waals surface area contributed by atoms with Crippen molar-refractivity contribution >= 4 is 23.5 Å². The first kappa shape index (κ1) is 19.3. The molecule has 4 amide bonds. The van der Waals surface area contributed by atoms with E-state index in [1.807, 2.05) is 6.07 Å². The zero-order valence-corrected chi connectivity index (χ0v) is 16.1. The van der Waals surface area contributed by atoms with Crippen molar-refractivity contribution in [3.05, 3.63) is 53.6 Å². The predicted molar refractivity (Wildman–Crippen MR) is 105 cm³/mol. The largest absolute Gasteiger partial charge is 0.486 e. The Morgan fingerprint density at radius 3 is 2.73 bits per heavy atom. The number of urea groups is 1. The average molecular weight is 406 g/mol. The van der Waals surface area contributed by atoms with Crippen molar-refractivity contribution in [1.82, 2.24) is 10.2 Å². The third kappa shape index (κ3) is 3.39. The molecule has 9 heteroatoms. The Balaban J connectivity index is 1.51. The SMILES string of the molecule is C[C@@]1(c2ccc3c(c2)OCCO3)NC(=O)N(CC(=O)Nc2cccc(C#N)c2)C1=O. The van der Waals surface area contributed by atoms with Crippen LogP contribution < -0.4 is 20.1 Å². The standard InChI is InChI=1S/C21H18N4O5/c1-21(14-5-6-16-17(10-14)30-8-7-29-16)19(27)25(20(28)24-21)12-18(26)23-15-4-2-3-13(9-15)11-22/h2-6,9-10H,7-8,12H2,1H3,(H,23,26)(H,24,28)/t21-/m0/s1. The molecule has 2 N–H and O–H groups in total. The number of anilines is 1. The highest BCUT2D eigenvalue weighted by molar-refractivity contribution is 6.10. The quantitative estimate of drug-likeness (QED) is 0.746. The number of rotatable bonds is 4. The maximum Gasteiger partial charge on any atom is 0.325 e. The summed E-state index contributed by atoms with van der Waals surface area (Å²) in [6.45, 7) is 1.96. The molecule has 0 bridgehead atoms. The fraction of sp³-hybridized carbons (Fsp3) is 0.238. The van der Waals surface area contributed by atoms with E-state index in [9.17, 15) is 14.4 Å². The van der Waals surface area contributed by atoms with Gasteiger partial charge >= 0.3 is 6.03 Å². The molecule has 30 heavy (non-hydrogen) atoms. The molecule has 9 nitrogen and oxygen atoms in total. The van der Waals surface area contributed by atoms with E-state index in [0.29, 0.717) is 41.5 Å². The Kier molecular flexibility index (Phi) is 4.75. The Bertz CT molecular complexity index is 1090. The highest BCUT2D eigenvalue weighted by atomic mass is 16.6. The monoisotopic (exact) mass is 406 g/mol. The number of nitriles is 1. The minimum Gasteiger partial charge on any atom is -0.486 e. The first-order chi connectivity index (χ1) is 14.4. The number of imide groups is 1. The summed E-state index contributed by atoms with van der Waals surface area (Å²) in [6, 6.07) is 12.7. The van der Waals surface area contributed by atoms with Gasteiger partial charge in [-0.05, 0) is 42.8 Å². The number of nitrogens with one attached hydrogen (secondary N) is 2. The van der Waals surface area contributed by atoms with Crippen LogP contribution in [-0.4, -0.2) is 42.5 Å². The molecule has 0 unspecified atom stereocenters. The molecule has 2 aromatic carbocycles. The fourth-order valence-corrected chi connectivity index (χ4v) is 3.40. The molecule has 0 saturated carbocycles. The van der Waals surface area contributed by atoms with Gasteiger partial charge in [-0.15, -0.1) is 0 Å². The van der Waals surface area contributed by atoms with Crippen molar-refractivity contribution in [2.75, 3.05) is 25.1 Å². The van der Waals surface area contributed by atoms with Crippen molar-refractivity contribution in [2.24, 2.45) is 0 Å². The van der Waals surface area contributed by atoms with Crippen LogP contribution >= 0.6 is 0 Å². The smallest absolute Gasteiger partial charge is 0.325 e. The van der Waals surface area contributed by atoms with Gasteiger partial charge in [0.15, 0.2) is 11.5 Å². The zero-order valence-electron chi connectivity index (χ0n) is 16.1. The van der Waals surface area contributed by atoms with Crippen LogP contribution in [0.3, 0.4) is 0 Å². The summed E-state index contributed by atoms with van der Waals surface area (Å²) in [4.78, 5) is 38.8. The van der Waals surface area contributed by atoms with Gasteiger partial charge in [0.1, 0.15) is 25.3 Å². The minimum atomic E-state index is -1.34. The van der Waals surface area contributed by atoms with Crippen LogP contribution in [0.5, 0.6) is 11.5 Å². The summed E-state index contributed by atoms with van der Waals surface area (Å²) in [5.74, 6) is -0.0399. The lowest BCUT2D eigenvalue weighted by molar-refractivity contribution is -0.133. The van der Waals surface area contributed by atoms with Crippen LogP contribution in [0.15, 0.2) is 42.5 Å². The number of ether oxygens (including phenoxy) is 2. The molecular weight excluding hydrogens is 388 g/mol. The first-order valence-electron chi connectivity index (χ1n) is 9.25. The summed E-state index contributed by atoms with van der Waals surface area (Å²) in [5, 5.41) is 14.2. The molecule has 2 aliphatic heterocycles. The van der Waals surface area contributed by atoms with Gasteiger partial charge in [0, 0.05) is 5.69 Å². The van der Waals surface area contributed by atoms with Crippen LogP contribution in [0.4, 0.5) is 10.5 Å². The molecule has 1 atom stereocenters. The molecule has 1 saturated heterocycles. The van der Waals surface area contributed by atoms with Crippen molar-refractivity contribution in [3.8, 4) is 17.6 Å². The van der Waals surface area contributed by atoms with E-state index in [-0.39, 0.29) is 0 Å². The maximum absolute atomic E-state index is 13.0. The maximum atomic E-state index is 13.0. The highest BCUT2D eigenvalue weighted by Crippen LogP contribution is 2.36. The number of nitrogens with zero attached hydrogens (tertiary/aromatic N) is 2. The molecule has 0 spiro atoms. The van der Waals surface area contributed by atoms with Crippen molar-refractivity contribution in [1.29, 1.82) is 5.26 Å². The summed E-state index contributed by atoms with van der Waals surface area (Å²) in [6.07, 6.45) is 0. The highest BCUT2D eigenvalue weighted by Gasteiger charge is 2.49. The van der Waals surface area contributed by atoms with Gasteiger partial charge in [0.25, 0.3) is 5.91 Å². The van der Waals surface area contributed by atoms with Gasteiger partial charge in [-0.3, -0.25) is 14.5 Å². The van der Waals surface area contributed by atoms with Crippen LogP contribution in [-0.2, 0) is 15.1 Å². The number of amides is 4. The Hall–Kier alpha value is -4.06. The molecule has 4 rings (SSSR count). The number of benzene rings is 2. The van der Waals surface area contributed by atoms with E-state index in [0.717, 1.165) is 4.90 Å². The third-order valence-electron chi connectivity index (χ3n) is 4.97. The second-order valence-electron chi connectivity index (χ2n) is 7.05. The van der Waals surface area contributed by atoms with Gasteiger partial charge in [-0.2, -0.15) is 5.26 Å². The van der Waals surface area contributed by atoms with E-state index in [4.69, 9.17) is 14.7 Å². The number of hydrogen-bond acceptors (Lipinski definition) is 6. The molecule has 1 fully saturated rings. The number of carbonyl (C=O) groups excluding carboxylic acids is 3. The van der Waals surface area contributed by atoms with Gasteiger partial charge in [-0.25, -0.2) is 4.79 Å². The van der Waals surface area contributed by atoms with E-state index in [2.05, 4.69) is 10.6 Å². The first-order valence-corrected chi connectivity index (χ1v) is 9.25. The average Bonchev–Trinajstić information content (AvgIpc) is 2.97.